The molecule has 94 valence electrons. The molecule has 0 aliphatic rings. The molecular formula is C12H19N3O2. The van der Waals surface area contributed by atoms with Gasteiger partial charge < -0.3 is 15.8 Å². The van der Waals surface area contributed by atoms with Gasteiger partial charge in [-0.3, -0.25) is 9.78 Å². The van der Waals surface area contributed by atoms with Gasteiger partial charge in [-0.1, -0.05) is 0 Å². The summed E-state index contributed by atoms with van der Waals surface area (Å²) in [7, 11) is 1.59. The van der Waals surface area contributed by atoms with Crippen molar-refractivity contribution in [2.45, 2.75) is 25.9 Å². The Hall–Kier alpha value is -1.46. The van der Waals surface area contributed by atoms with E-state index in [1.165, 1.54) is 0 Å². The number of carbonyl (C=O) groups excluding carboxylic acids is 1. The Balaban J connectivity index is 2.40. The first-order valence-corrected chi connectivity index (χ1v) is 5.57. The van der Waals surface area contributed by atoms with Crippen LogP contribution in [0.5, 0.6) is 0 Å². The molecule has 1 rings (SSSR count). The van der Waals surface area contributed by atoms with Gasteiger partial charge in [0.1, 0.15) is 0 Å². The van der Waals surface area contributed by atoms with Crippen LogP contribution in [0, 0.1) is 6.92 Å². The van der Waals surface area contributed by atoms with Crippen LogP contribution in [0.4, 0.5) is 0 Å². The van der Waals surface area contributed by atoms with Crippen molar-refractivity contribution >= 4 is 5.91 Å². The Kier molecular flexibility index (Phi) is 5.59. The summed E-state index contributed by atoms with van der Waals surface area (Å²) >= 11 is 0. The highest BCUT2D eigenvalue weighted by Gasteiger charge is 2.12. The molecule has 3 N–H and O–H groups in total. The van der Waals surface area contributed by atoms with Crippen molar-refractivity contribution in [2.75, 3.05) is 13.7 Å². The van der Waals surface area contributed by atoms with E-state index in [1.54, 1.807) is 19.5 Å². The Morgan fingerprint density at radius 3 is 3.06 bits per heavy atom. The first-order chi connectivity index (χ1) is 8.15. The number of nitrogens with two attached hydrogens (primary N) is 1. The molecule has 1 amide bonds. The Labute approximate surface area is 101 Å². The minimum atomic E-state index is -0.521. The summed E-state index contributed by atoms with van der Waals surface area (Å²) in [6, 6.07) is 1.39. The first-order valence-electron chi connectivity index (χ1n) is 5.57. The lowest BCUT2D eigenvalue weighted by Gasteiger charge is -2.12. The number of aromatic nitrogens is 1. The molecule has 0 saturated heterocycles. The summed E-state index contributed by atoms with van der Waals surface area (Å²) < 4.78 is 4.87. The predicted molar refractivity (Wildman–Crippen MR) is 65.3 cm³/mol. The highest BCUT2D eigenvalue weighted by Crippen LogP contribution is 2.04. The van der Waals surface area contributed by atoms with Crippen LogP contribution < -0.4 is 11.1 Å². The highest BCUT2D eigenvalue weighted by molar-refractivity contribution is 5.81. The molecule has 0 aromatic carbocycles. The van der Waals surface area contributed by atoms with Crippen LogP contribution in [0.3, 0.4) is 0 Å². The lowest BCUT2D eigenvalue weighted by atomic mass is 10.1. The standard InChI is InChI=1S/C12H19N3O2/c1-9-3-5-14-7-10(9)8-15-12(16)11(13)4-6-17-2/h3,5,7,11H,4,6,8,13H2,1-2H3,(H,15,16). The zero-order chi connectivity index (χ0) is 12.7. The summed E-state index contributed by atoms with van der Waals surface area (Å²) in [5.41, 5.74) is 7.80. The van der Waals surface area contributed by atoms with Crippen LogP contribution in [-0.2, 0) is 16.1 Å². The largest absolute Gasteiger partial charge is 0.385 e. The number of hydrogen-bond acceptors (Lipinski definition) is 4. The van der Waals surface area contributed by atoms with E-state index in [4.69, 9.17) is 10.5 Å². The minimum Gasteiger partial charge on any atom is -0.385 e. The molecule has 0 fully saturated rings. The molecule has 1 unspecified atom stereocenters. The maximum absolute atomic E-state index is 11.6. The molecule has 0 spiro atoms. The third kappa shape index (κ3) is 4.50. The van der Waals surface area contributed by atoms with Gasteiger partial charge in [0.05, 0.1) is 6.04 Å². The Bertz CT molecular complexity index is 369. The van der Waals surface area contributed by atoms with E-state index in [1.807, 2.05) is 13.0 Å². The molecule has 5 heteroatoms. The van der Waals surface area contributed by atoms with E-state index in [2.05, 4.69) is 10.3 Å². The predicted octanol–water partition coefficient (Wildman–Crippen LogP) is 0.370. The van der Waals surface area contributed by atoms with Crippen LogP contribution in [0.25, 0.3) is 0 Å². The van der Waals surface area contributed by atoms with Gasteiger partial charge in [0.2, 0.25) is 5.91 Å². The number of aryl methyl sites for hydroxylation is 1. The van der Waals surface area contributed by atoms with E-state index in [9.17, 15) is 4.79 Å². The fraction of sp³-hybridized carbons (Fsp3) is 0.500. The number of nitrogens with one attached hydrogen (secondary N) is 1. The van der Waals surface area contributed by atoms with Crippen LogP contribution in [0.2, 0.25) is 0 Å². The van der Waals surface area contributed by atoms with Crippen molar-refractivity contribution in [3.8, 4) is 0 Å². The average molecular weight is 237 g/mol. The van der Waals surface area contributed by atoms with Gasteiger partial charge in [-0.15, -0.1) is 0 Å². The monoisotopic (exact) mass is 237 g/mol. The zero-order valence-electron chi connectivity index (χ0n) is 10.3. The first kappa shape index (κ1) is 13.6. The number of ether oxygens (including phenoxy) is 1. The van der Waals surface area contributed by atoms with Crippen molar-refractivity contribution in [2.24, 2.45) is 5.73 Å². The topological polar surface area (TPSA) is 77.2 Å². The molecule has 5 nitrogen and oxygen atoms in total. The van der Waals surface area contributed by atoms with Gasteiger partial charge in [-0.25, -0.2) is 0 Å². The fourth-order valence-electron chi connectivity index (χ4n) is 1.37. The number of hydrogen-bond donors (Lipinski definition) is 2. The van der Waals surface area contributed by atoms with Gasteiger partial charge >= 0.3 is 0 Å². The summed E-state index contributed by atoms with van der Waals surface area (Å²) in [6.07, 6.45) is 4.00. The molecular weight excluding hydrogens is 218 g/mol. The maximum Gasteiger partial charge on any atom is 0.237 e. The molecule has 1 aromatic heterocycles. The van der Waals surface area contributed by atoms with E-state index in [-0.39, 0.29) is 5.91 Å². The third-order valence-electron chi connectivity index (χ3n) is 2.57. The summed E-state index contributed by atoms with van der Waals surface area (Å²) in [5.74, 6) is -0.162. The van der Waals surface area contributed by atoms with Crippen molar-refractivity contribution in [3.63, 3.8) is 0 Å². The molecule has 0 bridgehead atoms. The molecule has 0 saturated carbocycles. The van der Waals surface area contributed by atoms with Gasteiger partial charge in [0, 0.05) is 32.7 Å². The average Bonchev–Trinajstić information content (AvgIpc) is 2.34. The molecule has 1 atom stereocenters. The summed E-state index contributed by atoms with van der Waals surface area (Å²) in [4.78, 5) is 15.6. The van der Waals surface area contributed by atoms with Crippen molar-refractivity contribution < 1.29 is 9.53 Å². The summed E-state index contributed by atoms with van der Waals surface area (Å²) in [5, 5.41) is 2.79. The lowest BCUT2D eigenvalue weighted by Crippen LogP contribution is -2.40. The van der Waals surface area contributed by atoms with Gasteiger partial charge in [0.15, 0.2) is 0 Å². The minimum absolute atomic E-state index is 0.162. The third-order valence-corrected chi connectivity index (χ3v) is 2.57. The van der Waals surface area contributed by atoms with E-state index in [0.29, 0.717) is 19.6 Å². The second kappa shape index (κ2) is 6.98. The van der Waals surface area contributed by atoms with Crippen molar-refractivity contribution in [1.82, 2.24) is 10.3 Å². The quantitative estimate of drug-likeness (QED) is 0.749. The van der Waals surface area contributed by atoms with Crippen LogP contribution in [0.15, 0.2) is 18.5 Å². The highest BCUT2D eigenvalue weighted by atomic mass is 16.5. The number of rotatable bonds is 6. The van der Waals surface area contributed by atoms with Crippen LogP contribution >= 0.6 is 0 Å². The number of amides is 1. The molecule has 0 aliphatic heterocycles. The zero-order valence-corrected chi connectivity index (χ0v) is 10.3. The summed E-state index contributed by atoms with van der Waals surface area (Å²) in [6.45, 7) is 2.92. The molecule has 1 heterocycles. The molecule has 1 aromatic rings. The van der Waals surface area contributed by atoms with Crippen LogP contribution in [-0.4, -0.2) is 30.6 Å². The van der Waals surface area contributed by atoms with E-state index >= 15 is 0 Å². The maximum atomic E-state index is 11.6. The number of carbonyl (C=O) groups is 1. The number of pyridine rings is 1. The smallest absolute Gasteiger partial charge is 0.237 e. The normalized spacial score (nSPS) is 12.2. The second-order valence-electron chi connectivity index (χ2n) is 3.91. The van der Waals surface area contributed by atoms with Gasteiger partial charge in [-0.2, -0.15) is 0 Å². The van der Waals surface area contributed by atoms with Crippen LogP contribution in [0.1, 0.15) is 17.5 Å². The van der Waals surface area contributed by atoms with Gasteiger partial charge in [0.25, 0.3) is 0 Å². The van der Waals surface area contributed by atoms with E-state index < -0.39 is 6.04 Å². The molecule has 0 radical (unpaired) electrons. The molecule has 0 aliphatic carbocycles. The second-order valence-corrected chi connectivity index (χ2v) is 3.91. The van der Waals surface area contributed by atoms with Crippen molar-refractivity contribution in [1.29, 1.82) is 0 Å². The van der Waals surface area contributed by atoms with E-state index in [0.717, 1.165) is 11.1 Å². The van der Waals surface area contributed by atoms with Gasteiger partial charge in [-0.05, 0) is 30.5 Å². The van der Waals surface area contributed by atoms with Crippen molar-refractivity contribution in [3.05, 3.63) is 29.6 Å². The number of methoxy groups -OCH3 is 1. The fourth-order valence-corrected chi connectivity index (χ4v) is 1.37. The lowest BCUT2D eigenvalue weighted by molar-refractivity contribution is -0.122. The Morgan fingerprint density at radius 1 is 1.65 bits per heavy atom. The number of nitrogens with zero attached hydrogens (tertiary/aromatic N) is 1. The molecule has 17 heavy (non-hydrogen) atoms. The Morgan fingerprint density at radius 2 is 2.41 bits per heavy atom. The SMILES string of the molecule is COCCC(N)C(=O)NCc1cnccc1C.